The maximum Gasteiger partial charge on any atom is 0.229 e. The number of phenols is 1. The highest BCUT2D eigenvalue weighted by molar-refractivity contribution is 6.33. The number of piperidine rings is 1. The number of benzene rings is 2. The number of aromatic amines is 1. The van der Waals surface area contributed by atoms with Crippen molar-refractivity contribution < 1.29 is 9.90 Å². The molecular formula is C19H19ClN4O2. The molecule has 134 valence electrons. The molecule has 0 unspecified atom stereocenters. The molecule has 0 bridgehead atoms. The monoisotopic (exact) mass is 370 g/mol. The van der Waals surface area contributed by atoms with Crippen LogP contribution in [0.3, 0.4) is 0 Å². The molecule has 6 nitrogen and oxygen atoms in total. The molecule has 0 spiro atoms. The molecule has 4 rings (SSSR count). The number of halogens is 1. The molecule has 2 aromatic carbocycles. The zero-order valence-corrected chi connectivity index (χ0v) is 14.8. The second kappa shape index (κ2) is 6.97. The van der Waals surface area contributed by atoms with Gasteiger partial charge in [0.1, 0.15) is 5.75 Å². The second-order valence-corrected chi connectivity index (χ2v) is 6.94. The summed E-state index contributed by atoms with van der Waals surface area (Å²) in [7, 11) is 0. The number of carbonyl (C=O) groups excluding carboxylic acids is 1. The summed E-state index contributed by atoms with van der Waals surface area (Å²) in [6, 6.07) is 10.6. The van der Waals surface area contributed by atoms with Crippen molar-refractivity contribution in [1.29, 1.82) is 0 Å². The third-order valence-corrected chi connectivity index (χ3v) is 5.05. The smallest absolute Gasteiger partial charge is 0.229 e. The van der Waals surface area contributed by atoms with Crippen LogP contribution in [0.1, 0.15) is 12.8 Å². The molecule has 1 aliphatic rings. The molecule has 1 saturated heterocycles. The Morgan fingerprint density at radius 3 is 2.92 bits per heavy atom. The molecule has 3 aromatic rings. The number of aromatic nitrogens is 2. The Labute approximate surface area is 155 Å². The largest absolute Gasteiger partial charge is 0.508 e. The first kappa shape index (κ1) is 16.9. The fraction of sp³-hybridized carbons (Fsp3) is 0.263. The summed E-state index contributed by atoms with van der Waals surface area (Å²) in [5.41, 5.74) is 2.53. The highest BCUT2D eigenvalue weighted by Gasteiger charge is 2.22. The van der Waals surface area contributed by atoms with Crippen LogP contribution in [-0.2, 0) is 4.79 Å². The van der Waals surface area contributed by atoms with Crippen molar-refractivity contribution in [1.82, 2.24) is 15.5 Å². The number of H-pyrrole nitrogens is 1. The van der Waals surface area contributed by atoms with Crippen LogP contribution >= 0.6 is 11.6 Å². The zero-order chi connectivity index (χ0) is 18.1. The fourth-order valence-electron chi connectivity index (χ4n) is 3.31. The minimum absolute atomic E-state index is 0.0151. The number of rotatable bonds is 3. The number of hydrogen-bond donors (Lipinski definition) is 4. The van der Waals surface area contributed by atoms with Crippen LogP contribution in [0.15, 0.2) is 36.4 Å². The van der Waals surface area contributed by atoms with Gasteiger partial charge in [0, 0.05) is 17.5 Å². The van der Waals surface area contributed by atoms with Gasteiger partial charge in [-0.15, -0.1) is 0 Å². The Kier molecular flexibility index (Phi) is 4.53. The van der Waals surface area contributed by atoms with Gasteiger partial charge in [-0.3, -0.25) is 9.89 Å². The molecule has 4 N–H and O–H groups in total. The van der Waals surface area contributed by atoms with Crippen LogP contribution in [0.2, 0.25) is 5.02 Å². The molecule has 2 heterocycles. The summed E-state index contributed by atoms with van der Waals surface area (Å²) in [5, 5.41) is 24.2. The summed E-state index contributed by atoms with van der Waals surface area (Å²) in [6.45, 7) is 1.66. The number of hydrogen-bond acceptors (Lipinski definition) is 4. The molecule has 1 aliphatic heterocycles. The normalized spacial score (nSPS) is 17.3. The number of fused-ring (bicyclic) bond motifs is 1. The lowest BCUT2D eigenvalue weighted by Crippen LogP contribution is -2.37. The quantitative estimate of drug-likeness (QED) is 0.567. The van der Waals surface area contributed by atoms with E-state index in [-0.39, 0.29) is 17.6 Å². The first-order valence-electron chi connectivity index (χ1n) is 8.60. The van der Waals surface area contributed by atoms with Crippen molar-refractivity contribution >= 4 is 34.2 Å². The molecule has 0 saturated carbocycles. The van der Waals surface area contributed by atoms with Crippen LogP contribution in [0, 0.1) is 5.92 Å². The summed E-state index contributed by atoms with van der Waals surface area (Å²) < 4.78 is 0. The predicted molar refractivity (Wildman–Crippen MR) is 102 cm³/mol. The van der Waals surface area contributed by atoms with Gasteiger partial charge in [0.25, 0.3) is 0 Å². The third-order valence-electron chi connectivity index (χ3n) is 4.74. The number of phenolic OH excluding ortho intramolecular Hbond substituents is 1. The standard InChI is InChI=1S/C19H19ClN4O2/c20-16-9-13(25)4-5-14(16)11-3-6-17-15(8-11)18(24-23-17)22-19(26)12-2-1-7-21-10-12/h3-6,8-9,12,21,25H,1-2,7,10H2,(H2,22,23,24,26)/t12-/m1/s1. The van der Waals surface area contributed by atoms with Crippen molar-refractivity contribution in [2.24, 2.45) is 5.92 Å². The van der Waals surface area contributed by atoms with E-state index in [4.69, 9.17) is 11.6 Å². The minimum atomic E-state index is -0.0368. The Balaban J connectivity index is 1.65. The lowest BCUT2D eigenvalue weighted by Gasteiger charge is -2.21. The molecule has 7 heteroatoms. The van der Waals surface area contributed by atoms with Crippen molar-refractivity contribution in [3.8, 4) is 16.9 Å². The summed E-state index contributed by atoms with van der Waals surface area (Å²) in [5.74, 6) is 0.591. The number of nitrogens with zero attached hydrogens (tertiary/aromatic N) is 1. The molecule has 1 amide bonds. The van der Waals surface area contributed by atoms with E-state index >= 15 is 0 Å². The Bertz CT molecular complexity index is 963. The molecule has 1 fully saturated rings. The molecule has 1 aromatic heterocycles. The molecule has 26 heavy (non-hydrogen) atoms. The Morgan fingerprint density at radius 2 is 2.15 bits per heavy atom. The van der Waals surface area contributed by atoms with E-state index in [0.29, 0.717) is 17.4 Å². The summed E-state index contributed by atoms with van der Waals surface area (Å²) >= 11 is 6.25. The van der Waals surface area contributed by atoms with Crippen molar-refractivity contribution in [3.63, 3.8) is 0 Å². The molecular weight excluding hydrogens is 352 g/mol. The van der Waals surface area contributed by atoms with Crippen LogP contribution < -0.4 is 10.6 Å². The van der Waals surface area contributed by atoms with Crippen LogP contribution in [0.4, 0.5) is 5.82 Å². The minimum Gasteiger partial charge on any atom is -0.508 e. The van der Waals surface area contributed by atoms with Gasteiger partial charge in [0.05, 0.1) is 16.5 Å². The maximum atomic E-state index is 12.5. The van der Waals surface area contributed by atoms with Crippen molar-refractivity contribution in [2.45, 2.75) is 12.8 Å². The van der Waals surface area contributed by atoms with E-state index in [9.17, 15) is 9.90 Å². The molecule has 0 radical (unpaired) electrons. The van der Waals surface area contributed by atoms with Gasteiger partial charge in [0.2, 0.25) is 5.91 Å². The Morgan fingerprint density at radius 1 is 1.27 bits per heavy atom. The highest BCUT2D eigenvalue weighted by atomic mass is 35.5. The number of nitrogens with one attached hydrogen (secondary N) is 3. The van der Waals surface area contributed by atoms with Gasteiger partial charge < -0.3 is 15.7 Å². The SMILES string of the molecule is O=C(Nc1n[nH]c2ccc(-c3ccc(O)cc3Cl)cc12)[C@@H]1CCCNC1. The summed E-state index contributed by atoms with van der Waals surface area (Å²) in [6.07, 6.45) is 1.89. The van der Waals surface area contributed by atoms with Gasteiger partial charge >= 0.3 is 0 Å². The third kappa shape index (κ3) is 3.25. The van der Waals surface area contributed by atoms with E-state index < -0.39 is 0 Å². The highest BCUT2D eigenvalue weighted by Crippen LogP contribution is 2.33. The zero-order valence-electron chi connectivity index (χ0n) is 14.1. The van der Waals surface area contributed by atoms with E-state index in [1.807, 2.05) is 18.2 Å². The number of anilines is 1. The second-order valence-electron chi connectivity index (χ2n) is 6.53. The van der Waals surface area contributed by atoms with Gasteiger partial charge in [-0.1, -0.05) is 17.7 Å². The van der Waals surface area contributed by atoms with Crippen LogP contribution in [0.25, 0.3) is 22.0 Å². The molecule has 1 atom stereocenters. The Hall–Kier alpha value is -2.57. The first-order chi connectivity index (χ1) is 12.6. The van der Waals surface area contributed by atoms with Gasteiger partial charge in [-0.25, -0.2) is 0 Å². The van der Waals surface area contributed by atoms with Crippen molar-refractivity contribution in [3.05, 3.63) is 41.4 Å². The van der Waals surface area contributed by atoms with Gasteiger partial charge in [-0.2, -0.15) is 5.10 Å². The lowest BCUT2D eigenvalue weighted by molar-refractivity contribution is -0.120. The maximum absolute atomic E-state index is 12.5. The van der Waals surface area contributed by atoms with Crippen molar-refractivity contribution in [2.75, 3.05) is 18.4 Å². The fourth-order valence-corrected chi connectivity index (χ4v) is 3.59. The topological polar surface area (TPSA) is 90.0 Å². The van der Waals surface area contributed by atoms with Crippen LogP contribution in [0.5, 0.6) is 5.75 Å². The van der Waals surface area contributed by atoms with Gasteiger partial charge in [-0.05, 0) is 55.3 Å². The van der Waals surface area contributed by atoms with E-state index in [0.717, 1.165) is 41.4 Å². The first-order valence-corrected chi connectivity index (χ1v) is 8.98. The van der Waals surface area contributed by atoms with E-state index in [1.165, 1.54) is 6.07 Å². The average molecular weight is 371 g/mol. The van der Waals surface area contributed by atoms with E-state index in [1.54, 1.807) is 12.1 Å². The number of aromatic hydroxyl groups is 1. The van der Waals surface area contributed by atoms with Gasteiger partial charge in [0.15, 0.2) is 5.82 Å². The average Bonchev–Trinajstić information content (AvgIpc) is 3.04. The van der Waals surface area contributed by atoms with E-state index in [2.05, 4.69) is 20.8 Å². The number of carbonyl (C=O) groups is 1. The van der Waals surface area contributed by atoms with Crippen LogP contribution in [-0.4, -0.2) is 34.3 Å². The predicted octanol–water partition coefficient (Wildman–Crippen LogP) is 3.53. The lowest BCUT2D eigenvalue weighted by atomic mass is 9.99. The molecule has 0 aliphatic carbocycles. The summed E-state index contributed by atoms with van der Waals surface area (Å²) in [4.78, 5) is 12.5. The number of amides is 1.